The molecule has 0 bridgehead atoms. The van der Waals surface area contributed by atoms with Crippen LogP contribution >= 0.6 is 0 Å². The Morgan fingerprint density at radius 2 is 2.00 bits per heavy atom. The van der Waals surface area contributed by atoms with Gasteiger partial charge >= 0.3 is 6.18 Å². The van der Waals surface area contributed by atoms with Crippen molar-refractivity contribution >= 4 is 0 Å². The average molecular weight is 264 g/mol. The fourth-order valence-corrected chi connectivity index (χ4v) is 1.87. The van der Waals surface area contributed by atoms with E-state index in [4.69, 9.17) is 0 Å². The summed E-state index contributed by atoms with van der Waals surface area (Å²) in [6.07, 6.45) is -1.16. The molecule has 1 unspecified atom stereocenters. The van der Waals surface area contributed by atoms with Crippen LogP contribution in [0, 0.1) is 0 Å². The minimum Gasteiger partial charge on any atom is -0.390 e. The van der Waals surface area contributed by atoms with Gasteiger partial charge in [-0.05, 0) is 32.3 Å². The Morgan fingerprint density at radius 1 is 1.33 bits per heavy atom. The second-order valence-corrected chi connectivity index (χ2v) is 4.85. The molecule has 0 saturated heterocycles. The Hall–Kier alpha value is -1.04. The monoisotopic (exact) mass is 264 g/mol. The Balaban J connectivity index is 2.43. The van der Waals surface area contributed by atoms with Gasteiger partial charge in [0.05, 0.1) is 11.8 Å². The van der Waals surface area contributed by atoms with Crippen molar-refractivity contribution in [1.29, 1.82) is 0 Å². The van der Waals surface area contributed by atoms with Crippen LogP contribution in [0.25, 0.3) is 0 Å². The summed E-state index contributed by atoms with van der Waals surface area (Å²) in [4.78, 5) is 0. The van der Waals surface area contributed by atoms with Gasteiger partial charge in [0.25, 0.3) is 0 Å². The first-order chi connectivity index (χ1) is 8.22. The standard InChI is InChI=1S/C12H19F3N2O/c1-3-17-9-10(8-16-17)7-11(2,18)5-4-6-12(13,14)15/h8-9,18H,3-7H2,1-2H3. The van der Waals surface area contributed by atoms with Gasteiger partial charge in [-0.1, -0.05) is 0 Å². The average Bonchev–Trinajstić information content (AvgIpc) is 2.62. The molecule has 1 atom stereocenters. The van der Waals surface area contributed by atoms with Gasteiger partial charge in [0, 0.05) is 25.6 Å². The normalized spacial score (nSPS) is 15.7. The van der Waals surface area contributed by atoms with E-state index < -0.39 is 18.2 Å². The molecule has 1 rings (SSSR count). The smallest absolute Gasteiger partial charge is 0.389 e. The topological polar surface area (TPSA) is 38.0 Å². The minimum atomic E-state index is -4.15. The molecule has 0 saturated carbocycles. The summed E-state index contributed by atoms with van der Waals surface area (Å²) in [6, 6.07) is 0. The first kappa shape index (κ1) is 15.0. The third-order valence-corrected chi connectivity index (χ3v) is 2.77. The predicted octanol–water partition coefficient (Wildman–Crippen LogP) is 2.93. The van der Waals surface area contributed by atoms with E-state index in [9.17, 15) is 18.3 Å². The predicted molar refractivity (Wildman–Crippen MR) is 62.1 cm³/mol. The highest BCUT2D eigenvalue weighted by Gasteiger charge is 2.29. The van der Waals surface area contributed by atoms with Crippen LogP contribution in [0.5, 0.6) is 0 Å². The Kier molecular flexibility index (Phi) is 4.78. The third kappa shape index (κ3) is 5.53. The Bertz CT molecular complexity index is 372. The number of hydrogen-bond acceptors (Lipinski definition) is 2. The summed E-state index contributed by atoms with van der Waals surface area (Å²) >= 11 is 0. The molecule has 0 aliphatic rings. The van der Waals surface area contributed by atoms with Gasteiger partial charge in [-0.15, -0.1) is 0 Å². The van der Waals surface area contributed by atoms with Crippen LogP contribution in [0.3, 0.4) is 0 Å². The van der Waals surface area contributed by atoms with E-state index in [1.54, 1.807) is 24.0 Å². The fraction of sp³-hybridized carbons (Fsp3) is 0.750. The number of hydrogen-bond donors (Lipinski definition) is 1. The highest BCUT2D eigenvalue weighted by molar-refractivity contribution is 5.07. The molecule has 0 radical (unpaired) electrons. The molecule has 0 aliphatic heterocycles. The lowest BCUT2D eigenvalue weighted by Crippen LogP contribution is -2.27. The molecule has 104 valence electrons. The highest BCUT2D eigenvalue weighted by atomic mass is 19.4. The first-order valence-corrected chi connectivity index (χ1v) is 6.02. The van der Waals surface area contributed by atoms with Crippen LogP contribution in [-0.2, 0) is 13.0 Å². The molecule has 0 fully saturated rings. The van der Waals surface area contributed by atoms with Crippen molar-refractivity contribution in [3.8, 4) is 0 Å². The van der Waals surface area contributed by atoms with Crippen LogP contribution in [0.1, 0.15) is 38.7 Å². The number of aliphatic hydroxyl groups is 1. The second kappa shape index (κ2) is 5.73. The number of nitrogens with zero attached hydrogens (tertiary/aromatic N) is 2. The molecular weight excluding hydrogens is 245 g/mol. The zero-order valence-corrected chi connectivity index (χ0v) is 10.7. The highest BCUT2D eigenvalue weighted by Crippen LogP contribution is 2.26. The molecule has 0 spiro atoms. The Labute approximate surface area is 105 Å². The Morgan fingerprint density at radius 3 is 2.50 bits per heavy atom. The van der Waals surface area contributed by atoms with Gasteiger partial charge in [-0.2, -0.15) is 18.3 Å². The maximum absolute atomic E-state index is 12.0. The van der Waals surface area contributed by atoms with E-state index in [-0.39, 0.29) is 12.8 Å². The van der Waals surface area contributed by atoms with E-state index >= 15 is 0 Å². The molecule has 0 aromatic carbocycles. The van der Waals surface area contributed by atoms with E-state index in [1.165, 1.54) is 0 Å². The van der Waals surface area contributed by atoms with Crippen molar-refractivity contribution in [3.05, 3.63) is 18.0 Å². The summed E-state index contributed by atoms with van der Waals surface area (Å²) < 4.78 is 37.8. The van der Waals surface area contributed by atoms with Crippen LogP contribution in [-0.4, -0.2) is 26.7 Å². The molecule has 1 aromatic rings. The van der Waals surface area contributed by atoms with Gasteiger partial charge < -0.3 is 5.11 Å². The molecule has 0 amide bonds. The van der Waals surface area contributed by atoms with Crippen molar-refractivity contribution in [1.82, 2.24) is 9.78 Å². The van der Waals surface area contributed by atoms with Crippen molar-refractivity contribution in [2.24, 2.45) is 0 Å². The number of aromatic nitrogens is 2. The number of halogens is 3. The molecule has 0 aliphatic carbocycles. The van der Waals surface area contributed by atoms with E-state index in [1.807, 2.05) is 6.92 Å². The minimum absolute atomic E-state index is 0.0571. The summed E-state index contributed by atoms with van der Waals surface area (Å²) in [7, 11) is 0. The third-order valence-electron chi connectivity index (χ3n) is 2.77. The molecule has 1 N–H and O–H groups in total. The molecule has 1 aromatic heterocycles. The van der Waals surface area contributed by atoms with E-state index in [0.29, 0.717) is 6.42 Å². The van der Waals surface area contributed by atoms with Crippen LogP contribution in [0.15, 0.2) is 12.4 Å². The van der Waals surface area contributed by atoms with Crippen molar-refractivity contribution < 1.29 is 18.3 Å². The van der Waals surface area contributed by atoms with Crippen molar-refractivity contribution in [2.45, 2.75) is 57.9 Å². The molecule has 18 heavy (non-hydrogen) atoms. The van der Waals surface area contributed by atoms with Crippen LogP contribution in [0.4, 0.5) is 13.2 Å². The van der Waals surface area contributed by atoms with Gasteiger partial charge in [0.1, 0.15) is 0 Å². The zero-order valence-electron chi connectivity index (χ0n) is 10.7. The number of rotatable bonds is 6. The SMILES string of the molecule is CCn1cc(CC(C)(O)CCCC(F)(F)F)cn1. The van der Waals surface area contributed by atoms with Crippen LogP contribution < -0.4 is 0 Å². The van der Waals surface area contributed by atoms with Gasteiger partial charge in [-0.25, -0.2) is 0 Å². The molecule has 3 nitrogen and oxygen atoms in total. The summed E-state index contributed by atoms with van der Waals surface area (Å²) in [5.74, 6) is 0. The number of aryl methyl sites for hydroxylation is 1. The molecular formula is C12H19F3N2O. The first-order valence-electron chi connectivity index (χ1n) is 6.02. The quantitative estimate of drug-likeness (QED) is 0.857. The summed E-state index contributed by atoms with van der Waals surface area (Å²) in [6.45, 7) is 4.24. The van der Waals surface area contributed by atoms with Crippen molar-refractivity contribution in [2.75, 3.05) is 0 Å². The fourth-order valence-electron chi connectivity index (χ4n) is 1.87. The molecule has 6 heteroatoms. The van der Waals surface area contributed by atoms with E-state index in [2.05, 4.69) is 5.10 Å². The van der Waals surface area contributed by atoms with Gasteiger partial charge in [-0.3, -0.25) is 4.68 Å². The van der Waals surface area contributed by atoms with Gasteiger partial charge in [0.15, 0.2) is 0 Å². The largest absolute Gasteiger partial charge is 0.390 e. The zero-order chi connectivity index (χ0) is 13.8. The maximum atomic E-state index is 12.0. The van der Waals surface area contributed by atoms with Crippen molar-refractivity contribution in [3.63, 3.8) is 0 Å². The lowest BCUT2D eigenvalue weighted by molar-refractivity contribution is -0.137. The van der Waals surface area contributed by atoms with Crippen LogP contribution in [0.2, 0.25) is 0 Å². The van der Waals surface area contributed by atoms with Gasteiger partial charge in [0.2, 0.25) is 0 Å². The number of alkyl halides is 3. The lowest BCUT2D eigenvalue weighted by atomic mass is 9.92. The summed E-state index contributed by atoms with van der Waals surface area (Å²) in [5, 5.41) is 14.1. The maximum Gasteiger partial charge on any atom is 0.389 e. The molecule has 1 heterocycles. The van der Waals surface area contributed by atoms with E-state index in [0.717, 1.165) is 12.1 Å². The lowest BCUT2D eigenvalue weighted by Gasteiger charge is -2.22. The summed E-state index contributed by atoms with van der Waals surface area (Å²) in [5.41, 5.74) is -0.277. The second-order valence-electron chi connectivity index (χ2n) is 4.85.